The zero-order valence-electron chi connectivity index (χ0n) is 5.48. The van der Waals surface area contributed by atoms with E-state index in [9.17, 15) is 0 Å². The predicted molar refractivity (Wildman–Crippen MR) is 36.8 cm³/mol. The fraction of sp³-hybridized carbons (Fsp3) is 0.714. The van der Waals surface area contributed by atoms with Crippen molar-refractivity contribution in [2.45, 2.75) is 18.4 Å². The Morgan fingerprint density at radius 3 is 3.11 bits per heavy atom. The van der Waals surface area contributed by atoms with Gasteiger partial charge in [-0.2, -0.15) is 0 Å². The maximum absolute atomic E-state index is 5.94. The lowest BCUT2D eigenvalue weighted by molar-refractivity contribution is 0.495. The minimum Gasteiger partial charge on any atom is -0.388 e. The monoisotopic (exact) mass is 124 g/mol. The zero-order valence-corrected chi connectivity index (χ0v) is 5.48. The van der Waals surface area contributed by atoms with Crippen molar-refractivity contribution in [2.75, 3.05) is 6.54 Å². The topological polar surface area (TPSA) is 38.0 Å². The maximum atomic E-state index is 5.94. The highest BCUT2D eigenvalue weighted by Gasteiger charge is 2.53. The van der Waals surface area contributed by atoms with Crippen molar-refractivity contribution in [3.05, 3.63) is 12.3 Å². The lowest BCUT2D eigenvalue weighted by atomic mass is 10.1. The molecule has 50 valence electrons. The van der Waals surface area contributed by atoms with Crippen LogP contribution in [0.2, 0.25) is 0 Å². The van der Waals surface area contributed by atoms with Gasteiger partial charge < -0.3 is 11.1 Å². The number of nitrogens with two attached hydrogens (primary N) is 1. The summed E-state index contributed by atoms with van der Waals surface area (Å²) in [6.45, 7) is 4.91. The second-order valence-corrected chi connectivity index (χ2v) is 3.19. The molecule has 1 aliphatic heterocycles. The molecule has 2 unspecified atom stereocenters. The average Bonchev–Trinajstić information content (AvgIpc) is 2.43. The standard InChI is InChI=1S/C7H12N2/c1-5-6-4-7(6,8)2-3-9-5/h6,9H,1-4,8H2. The molecule has 1 heterocycles. The number of nitrogens with one attached hydrogen (secondary N) is 1. The third kappa shape index (κ3) is 0.597. The van der Waals surface area contributed by atoms with Gasteiger partial charge in [0.1, 0.15) is 0 Å². The van der Waals surface area contributed by atoms with Crippen molar-refractivity contribution < 1.29 is 0 Å². The van der Waals surface area contributed by atoms with Gasteiger partial charge in [0.25, 0.3) is 0 Å². The van der Waals surface area contributed by atoms with E-state index >= 15 is 0 Å². The lowest BCUT2D eigenvalue weighted by Crippen LogP contribution is -2.36. The molecule has 2 heteroatoms. The SMILES string of the molecule is C=C1NCCC2(N)CC12. The third-order valence-corrected chi connectivity index (χ3v) is 2.48. The molecule has 0 amide bonds. The number of hydrogen-bond acceptors (Lipinski definition) is 2. The van der Waals surface area contributed by atoms with Gasteiger partial charge in [-0.1, -0.05) is 6.58 Å². The summed E-state index contributed by atoms with van der Waals surface area (Å²) in [7, 11) is 0. The number of piperidine rings is 1. The van der Waals surface area contributed by atoms with Crippen LogP contribution in [-0.4, -0.2) is 12.1 Å². The van der Waals surface area contributed by atoms with Gasteiger partial charge in [0.2, 0.25) is 0 Å². The van der Waals surface area contributed by atoms with E-state index in [0.29, 0.717) is 5.92 Å². The van der Waals surface area contributed by atoms with E-state index in [1.807, 2.05) is 0 Å². The van der Waals surface area contributed by atoms with Gasteiger partial charge in [-0.3, -0.25) is 0 Å². The van der Waals surface area contributed by atoms with Crippen molar-refractivity contribution in [1.29, 1.82) is 0 Å². The van der Waals surface area contributed by atoms with Gasteiger partial charge >= 0.3 is 0 Å². The molecule has 2 aliphatic rings. The Kier molecular flexibility index (Phi) is 0.776. The highest BCUT2D eigenvalue weighted by atomic mass is 15.0. The van der Waals surface area contributed by atoms with Crippen LogP contribution in [0, 0.1) is 5.92 Å². The summed E-state index contributed by atoms with van der Waals surface area (Å²) in [5.41, 5.74) is 7.25. The van der Waals surface area contributed by atoms with Crippen molar-refractivity contribution in [3.63, 3.8) is 0 Å². The Labute approximate surface area is 55.1 Å². The Bertz CT molecular complexity index is 164. The molecule has 0 bridgehead atoms. The summed E-state index contributed by atoms with van der Waals surface area (Å²) in [5.74, 6) is 0.589. The van der Waals surface area contributed by atoms with E-state index in [2.05, 4.69) is 11.9 Å². The molecule has 9 heavy (non-hydrogen) atoms. The molecular formula is C7H12N2. The van der Waals surface area contributed by atoms with E-state index in [0.717, 1.165) is 25.1 Å². The van der Waals surface area contributed by atoms with Gasteiger partial charge in [0.05, 0.1) is 0 Å². The highest BCUT2D eigenvalue weighted by molar-refractivity contribution is 5.25. The maximum Gasteiger partial charge on any atom is 0.0262 e. The van der Waals surface area contributed by atoms with Crippen LogP contribution in [0.3, 0.4) is 0 Å². The molecule has 2 rings (SSSR count). The summed E-state index contributed by atoms with van der Waals surface area (Å²) in [6.07, 6.45) is 2.27. The van der Waals surface area contributed by atoms with Crippen LogP contribution >= 0.6 is 0 Å². The summed E-state index contributed by atoms with van der Waals surface area (Å²) in [6, 6.07) is 0. The van der Waals surface area contributed by atoms with Gasteiger partial charge in [-0.25, -0.2) is 0 Å². The lowest BCUT2D eigenvalue weighted by Gasteiger charge is -2.20. The fourth-order valence-corrected chi connectivity index (χ4v) is 1.65. The van der Waals surface area contributed by atoms with Crippen LogP contribution < -0.4 is 11.1 Å². The van der Waals surface area contributed by atoms with Gasteiger partial charge in [0, 0.05) is 23.7 Å². The normalized spacial score (nSPS) is 47.7. The Hall–Kier alpha value is -0.500. The van der Waals surface area contributed by atoms with Crippen molar-refractivity contribution in [1.82, 2.24) is 5.32 Å². The molecule has 0 spiro atoms. The molecule has 0 radical (unpaired) electrons. The Morgan fingerprint density at radius 1 is 1.78 bits per heavy atom. The summed E-state index contributed by atoms with van der Waals surface area (Å²) in [5, 5.41) is 3.22. The van der Waals surface area contributed by atoms with E-state index in [1.165, 1.54) is 0 Å². The number of rotatable bonds is 0. The van der Waals surface area contributed by atoms with E-state index in [4.69, 9.17) is 5.73 Å². The van der Waals surface area contributed by atoms with Crippen LogP contribution in [0.15, 0.2) is 12.3 Å². The minimum absolute atomic E-state index is 0.155. The summed E-state index contributed by atoms with van der Waals surface area (Å²) >= 11 is 0. The van der Waals surface area contributed by atoms with Crippen molar-refractivity contribution in [2.24, 2.45) is 11.7 Å². The van der Waals surface area contributed by atoms with Crippen LogP contribution in [0.25, 0.3) is 0 Å². The quantitative estimate of drug-likeness (QED) is 0.484. The average molecular weight is 124 g/mol. The second kappa shape index (κ2) is 1.32. The van der Waals surface area contributed by atoms with Crippen LogP contribution in [0.1, 0.15) is 12.8 Å². The molecule has 1 saturated heterocycles. The first-order valence-corrected chi connectivity index (χ1v) is 3.44. The van der Waals surface area contributed by atoms with E-state index < -0.39 is 0 Å². The third-order valence-electron chi connectivity index (χ3n) is 2.48. The van der Waals surface area contributed by atoms with Gasteiger partial charge in [-0.05, 0) is 12.8 Å². The molecule has 2 nitrogen and oxygen atoms in total. The van der Waals surface area contributed by atoms with E-state index in [-0.39, 0.29) is 5.54 Å². The largest absolute Gasteiger partial charge is 0.388 e. The molecule has 0 aromatic heterocycles. The summed E-state index contributed by atoms with van der Waals surface area (Å²) < 4.78 is 0. The molecule has 3 N–H and O–H groups in total. The second-order valence-electron chi connectivity index (χ2n) is 3.19. The van der Waals surface area contributed by atoms with Gasteiger partial charge in [0.15, 0.2) is 0 Å². The number of hydrogen-bond donors (Lipinski definition) is 2. The van der Waals surface area contributed by atoms with Crippen LogP contribution in [-0.2, 0) is 0 Å². The number of fused-ring (bicyclic) bond motifs is 1. The van der Waals surface area contributed by atoms with Gasteiger partial charge in [-0.15, -0.1) is 0 Å². The zero-order chi connectivity index (χ0) is 6.48. The smallest absolute Gasteiger partial charge is 0.0262 e. The van der Waals surface area contributed by atoms with Crippen molar-refractivity contribution >= 4 is 0 Å². The van der Waals surface area contributed by atoms with Crippen LogP contribution in [0.4, 0.5) is 0 Å². The first-order valence-electron chi connectivity index (χ1n) is 3.44. The molecule has 0 aromatic rings. The Morgan fingerprint density at radius 2 is 2.56 bits per heavy atom. The molecular weight excluding hydrogens is 112 g/mol. The highest BCUT2D eigenvalue weighted by Crippen LogP contribution is 2.49. The predicted octanol–water partition coefficient (Wildman–Crippen LogP) is 0.211. The van der Waals surface area contributed by atoms with E-state index in [1.54, 1.807) is 0 Å². The summed E-state index contributed by atoms with van der Waals surface area (Å²) in [4.78, 5) is 0. The Balaban J connectivity index is 2.16. The molecule has 0 aromatic carbocycles. The molecule has 2 fully saturated rings. The minimum atomic E-state index is 0.155. The molecule has 2 atom stereocenters. The van der Waals surface area contributed by atoms with Crippen LogP contribution in [0.5, 0.6) is 0 Å². The molecule has 1 aliphatic carbocycles. The fourth-order valence-electron chi connectivity index (χ4n) is 1.65. The first kappa shape index (κ1) is 5.30. The van der Waals surface area contributed by atoms with Crippen molar-refractivity contribution in [3.8, 4) is 0 Å². The molecule has 1 saturated carbocycles. The first-order chi connectivity index (χ1) is 4.22.